The lowest BCUT2D eigenvalue weighted by Crippen LogP contribution is -2.44. The minimum Gasteiger partial charge on any atom is -0.301 e. The van der Waals surface area contributed by atoms with E-state index < -0.39 is 0 Å². The second kappa shape index (κ2) is 8.53. The molecule has 0 amide bonds. The van der Waals surface area contributed by atoms with Crippen molar-refractivity contribution in [2.75, 3.05) is 26.2 Å². The summed E-state index contributed by atoms with van der Waals surface area (Å²) in [4.78, 5) is 27.2. The third-order valence-corrected chi connectivity index (χ3v) is 4.12. The fourth-order valence-electron chi connectivity index (χ4n) is 2.96. The number of carbonyl (C=O) groups excluding carboxylic acids is 2. The van der Waals surface area contributed by atoms with Crippen molar-refractivity contribution in [3.8, 4) is 0 Å². The highest BCUT2D eigenvalue weighted by Crippen LogP contribution is 2.21. The van der Waals surface area contributed by atoms with Crippen molar-refractivity contribution in [2.45, 2.75) is 65.5 Å². The van der Waals surface area contributed by atoms with Crippen LogP contribution in [-0.2, 0) is 9.59 Å². The van der Waals surface area contributed by atoms with Crippen molar-refractivity contribution in [1.29, 1.82) is 0 Å². The van der Waals surface area contributed by atoms with E-state index in [1.807, 2.05) is 0 Å². The van der Waals surface area contributed by atoms with Crippen molar-refractivity contribution < 1.29 is 9.59 Å². The van der Waals surface area contributed by atoms with Crippen LogP contribution in [0, 0.1) is 0 Å². The first-order valence-corrected chi connectivity index (χ1v) is 7.87. The highest BCUT2D eigenvalue weighted by atomic mass is 16.1. The molecule has 1 atom stereocenters. The molecule has 1 fully saturated rings. The molecule has 1 aliphatic rings. The van der Waals surface area contributed by atoms with E-state index in [4.69, 9.17) is 0 Å². The van der Waals surface area contributed by atoms with Gasteiger partial charge in [0.15, 0.2) is 0 Å². The Bertz CT molecular complexity index is 310. The molecule has 0 unspecified atom stereocenters. The van der Waals surface area contributed by atoms with Gasteiger partial charge in [0.25, 0.3) is 0 Å². The van der Waals surface area contributed by atoms with Gasteiger partial charge in [-0.1, -0.05) is 0 Å². The van der Waals surface area contributed by atoms with Gasteiger partial charge in [-0.3, -0.25) is 14.5 Å². The molecule has 1 heterocycles. The second-order valence-electron chi connectivity index (χ2n) is 6.33. The number of hydrogen-bond acceptors (Lipinski definition) is 4. The number of ketones is 2. The minimum atomic E-state index is 0.227. The van der Waals surface area contributed by atoms with E-state index in [0.29, 0.717) is 24.9 Å². The summed E-state index contributed by atoms with van der Waals surface area (Å²) in [5, 5.41) is 0. The molecule has 0 saturated carbocycles. The number of Topliss-reactive ketones (excluding diaryl/α,β-unsaturated/α-hetero) is 2. The maximum Gasteiger partial charge on any atom is 0.131 e. The number of carbonyl (C=O) groups is 2. The minimum absolute atomic E-state index is 0.227. The Labute approximate surface area is 123 Å². The SMILES string of the molecule is CC(=O)CCN(CCC(C)=O)C[C@@H]1CCCN1C(C)C. The lowest BCUT2D eigenvalue weighted by Gasteiger charge is -2.33. The van der Waals surface area contributed by atoms with Gasteiger partial charge in [0, 0.05) is 44.6 Å². The summed E-state index contributed by atoms with van der Waals surface area (Å²) in [6, 6.07) is 1.15. The maximum atomic E-state index is 11.2. The van der Waals surface area contributed by atoms with Gasteiger partial charge in [0.2, 0.25) is 0 Å². The smallest absolute Gasteiger partial charge is 0.131 e. The number of nitrogens with zero attached hydrogens (tertiary/aromatic N) is 2. The Balaban J connectivity index is 2.53. The van der Waals surface area contributed by atoms with E-state index in [1.54, 1.807) is 13.8 Å². The molecular formula is C16H30N2O2. The zero-order chi connectivity index (χ0) is 15.1. The first-order valence-electron chi connectivity index (χ1n) is 7.87. The van der Waals surface area contributed by atoms with Gasteiger partial charge in [0.05, 0.1) is 0 Å². The van der Waals surface area contributed by atoms with Crippen LogP contribution < -0.4 is 0 Å². The highest BCUT2D eigenvalue weighted by Gasteiger charge is 2.28. The maximum absolute atomic E-state index is 11.2. The molecule has 0 radical (unpaired) electrons. The normalized spacial score (nSPS) is 20.0. The third-order valence-electron chi connectivity index (χ3n) is 4.12. The van der Waals surface area contributed by atoms with E-state index in [1.165, 1.54) is 19.4 Å². The standard InChI is InChI=1S/C16H30N2O2/c1-13(2)18-9-5-6-16(18)12-17(10-7-14(3)19)11-8-15(4)20/h13,16H,5-12H2,1-4H3/t16-/m0/s1. The van der Waals surface area contributed by atoms with E-state index in [9.17, 15) is 9.59 Å². The summed E-state index contributed by atoms with van der Waals surface area (Å²) in [7, 11) is 0. The molecule has 1 saturated heterocycles. The van der Waals surface area contributed by atoms with Crippen LogP contribution in [0.3, 0.4) is 0 Å². The average Bonchev–Trinajstić information content (AvgIpc) is 2.80. The largest absolute Gasteiger partial charge is 0.301 e. The topological polar surface area (TPSA) is 40.6 Å². The predicted octanol–water partition coefficient (Wildman–Crippen LogP) is 2.12. The molecule has 0 aromatic carbocycles. The molecule has 116 valence electrons. The molecule has 1 rings (SSSR count). The van der Waals surface area contributed by atoms with Crippen LogP contribution in [0.5, 0.6) is 0 Å². The Kier molecular flexibility index (Phi) is 7.38. The summed E-state index contributed by atoms with van der Waals surface area (Å²) in [5.41, 5.74) is 0. The number of hydrogen-bond donors (Lipinski definition) is 0. The van der Waals surface area contributed by atoms with Crippen LogP contribution in [0.25, 0.3) is 0 Å². The Morgan fingerprint density at radius 1 is 1.15 bits per heavy atom. The lowest BCUT2D eigenvalue weighted by atomic mass is 10.1. The van der Waals surface area contributed by atoms with Crippen LogP contribution in [0.15, 0.2) is 0 Å². The van der Waals surface area contributed by atoms with Crippen molar-refractivity contribution in [3.05, 3.63) is 0 Å². The molecule has 0 aromatic heterocycles. The second-order valence-corrected chi connectivity index (χ2v) is 6.33. The summed E-state index contributed by atoms with van der Waals surface area (Å²) >= 11 is 0. The van der Waals surface area contributed by atoms with Crippen LogP contribution in [0.4, 0.5) is 0 Å². The molecule has 0 aliphatic carbocycles. The van der Waals surface area contributed by atoms with Crippen molar-refractivity contribution in [2.24, 2.45) is 0 Å². The summed E-state index contributed by atoms with van der Waals surface area (Å²) < 4.78 is 0. The van der Waals surface area contributed by atoms with Gasteiger partial charge >= 0.3 is 0 Å². The summed E-state index contributed by atoms with van der Waals surface area (Å²) in [6.07, 6.45) is 3.67. The predicted molar refractivity (Wildman–Crippen MR) is 81.9 cm³/mol. The molecule has 0 aromatic rings. The molecule has 0 spiro atoms. The Morgan fingerprint density at radius 2 is 1.70 bits per heavy atom. The molecule has 0 N–H and O–H groups in total. The van der Waals surface area contributed by atoms with Crippen molar-refractivity contribution in [1.82, 2.24) is 9.80 Å². The van der Waals surface area contributed by atoms with E-state index in [-0.39, 0.29) is 11.6 Å². The molecular weight excluding hydrogens is 252 g/mol. The Hall–Kier alpha value is -0.740. The summed E-state index contributed by atoms with van der Waals surface area (Å²) in [6.45, 7) is 11.5. The highest BCUT2D eigenvalue weighted by molar-refractivity contribution is 5.76. The molecule has 4 heteroatoms. The van der Waals surface area contributed by atoms with Crippen molar-refractivity contribution in [3.63, 3.8) is 0 Å². The zero-order valence-corrected chi connectivity index (χ0v) is 13.5. The van der Waals surface area contributed by atoms with Crippen LogP contribution in [0.1, 0.15) is 53.4 Å². The third kappa shape index (κ3) is 6.14. The van der Waals surface area contributed by atoms with Crippen LogP contribution in [-0.4, -0.2) is 59.6 Å². The average molecular weight is 282 g/mol. The molecule has 1 aliphatic heterocycles. The van der Waals surface area contributed by atoms with Gasteiger partial charge < -0.3 is 4.90 Å². The Morgan fingerprint density at radius 3 is 2.15 bits per heavy atom. The van der Waals surface area contributed by atoms with Crippen LogP contribution in [0.2, 0.25) is 0 Å². The number of likely N-dealkylation sites (tertiary alicyclic amines) is 1. The lowest BCUT2D eigenvalue weighted by molar-refractivity contribution is -0.117. The molecule has 4 nitrogen and oxygen atoms in total. The summed E-state index contributed by atoms with van der Waals surface area (Å²) in [5.74, 6) is 0.454. The van der Waals surface area contributed by atoms with Gasteiger partial charge in [-0.15, -0.1) is 0 Å². The van der Waals surface area contributed by atoms with Crippen LogP contribution >= 0.6 is 0 Å². The van der Waals surface area contributed by atoms with Gasteiger partial charge in [-0.2, -0.15) is 0 Å². The quantitative estimate of drug-likeness (QED) is 0.649. The van der Waals surface area contributed by atoms with Gasteiger partial charge in [-0.05, 0) is 47.1 Å². The fourth-order valence-corrected chi connectivity index (χ4v) is 2.96. The monoisotopic (exact) mass is 282 g/mol. The van der Waals surface area contributed by atoms with E-state index in [0.717, 1.165) is 19.6 Å². The van der Waals surface area contributed by atoms with E-state index >= 15 is 0 Å². The zero-order valence-electron chi connectivity index (χ0n) is 13.5. The number of rotatable bonds is 9. The molecule has 0 bridgehead atoms. The molecule has 20 heavy (non-hydrogen) atoms. The first-order chi connectivity index (χ1) is 9.40. The first kappa shape index (κ1) is 17.3. The van der Waals surface area contributed by atoms with Gasteiger partial charge in [0.1, 0.15) is 11.6 Å². The van der Waals surface area contributed by atoms with E-state index in [2.05, 4.69) is 23.6 Å². The fraction of sp³-hybridized carbons (Fsp3) is 0.875. The van der Waals surface area contributed by atoms with Gasteiger partial charge in [-0.25, -0.2) is 0 Å². The van der Waals surface area contributed by atoms with Crippen molar-refractivity contribution >= 4 is 11.6 Å².